The van der Waals surface area contributed by atoms with Gasteiger partial charge in [0.2, 0.25) is 0 Å². The largest absolute Gasteiger partial charge is 0.469 e. The van der Waals surface area contributed by atoms with E-state index in [2.05, 4.69) is 0 Å². The second-order valence-corrected chi connectivity index (χ2v) is 8.24. The van der Waals surface area contributed by atoms with Gasteiger partial charge in [0.05, 0.1) is 32.2 Å². The molecule has 0 bridgehead atoms. The standard InChI is InChI=1S/C23H25Cl2NO5/c1-3-18(13-27)26-21(14-7-9-16(24)10-8-14)22(15-5-4-6-17(25)11-15)31-19(23(26)29)12-20(28)30-2/h4-11,18-19,21-22,27H,3,12-13H2,1-2H3/t18?,19-,21+,22+/m0/s1. The van der Waals surface area contributed by atoms with Gasteiger partial charge >= 0.3 is 5.97 Å². The van der Waals surface area contributed by atoms with E-state index in [0.29, 0.717) is 16.5 Å². The Morgan fingerprint density at radius 1 is 1.16 bits per heavy atom. The number of esters is 1. The molecule has 1 aliphatic heterocycles. The van der Waals surface area contributed by atoms with Gasteiger partial charge in [0.25, 0.3) is 5.91 Å². The van der Waals surface area contributed by atoms with Gasteiger partial charge in [0.1, 0.15) is 12.2 Å². The SMILES string of the molecule is CCC(CO)N1C(=O)[C@H](CC(=O)OC)O[C@H](c2cccc(Cl)c2)[C@H]1c1ccc(Cl)cc1. The number of aliphatic hydroxyl groups is 1. The lowest BCUT2D eigenvalue weighted by molar-refractivity contribution is -0.185. The highest BCUT2D eigenvalue weighted by molar-refractivity contribution is 6.30. The van der Waals surface area contributed by atoms with E-state index in [4.69, 9.17) is 32.7 Å². The van der Waals surface area contributed by atoms with E-state index < -0.39 is 30.3 Å². The first kappa shape index (κ1) is 23.5. The van der Waals surface area contributed by atoms with Crippen LogP contribution in [0.5, 0.6) is 0 Å². The summed E-state index contributed by atoms with van der Waals surface area (Å²) in [7, 11) is 1.26. The number of methoxy groups -OCH3 is 1. The Kier molecular flexibility index (Phi) is 7.94. The van der Waals surface area contributed by atoms with Crippen LogP contribution in [0, 0.1) is 0 Å². The normalized spacial score (nSPS) is 22.3. The van der Waals surface area contributed by atoms with Crippen molar-refractivity contribution in [1.82, 2.24) is 4.90 Å². The van der Waals surface area contributed by atoms with Gasteiger partial charge in [-0.3, -0.25) is 9.59 Å². The number of rotatable bonds is 7. The zero-order valence-electron chi connectivity index (χ0n) is 17.3. The second-order valence-electron chi connectivity index (χ2n) is 7.37. The lowest BCUT2D eigenvalue weighted by Crippen LogP contribution is -2.56. The number of hydrogen-bond acceptors (Lipinski definition) is 5. The number of halogens is 2. The molecule has 1 unspecified atom stereocenters. The predicted octanol–water partition coefficient (Wildman–Crippen LogP) is 4.34. The number of aliphatic hydroxyl groups excluding tert-OH is 1. The summed E-state index contributed by atoms with van der Waals surface area (Å²) in [5.74, 6) is -0.922. The van der Waals surface area contributed by atoms with Gasteiger partial charge in [-0.2, -0.15) is 0 Å². The van der Waals surface area contributed by atoms with E-state index in [9.17, 15) is 14.7 Å². The molecule has 2 aromatic rings. The lowest BCUT2D eigenvalue weighted by atomic mass is 9.89. The van der Waals surface area contributed by atoms with Crippen molar-refractivity contribution in [2.24, 2.45) is 0 Å². The number of hydrogen-bond donors (Lipinski definition) is 1. The third kappa shape index (κ3) is 5.21. The van der Waals surface area contributed by atoms with Gasteiger partial charge in [-0.05, 0) is 41.8 Å². The monoisotopic (exact) mass is 465 g/mol. The maximum Gasteiger partial charge on any atom is 0.308 e. The maximum atomic E-state index is 13.5. The number of benzene rings is 2. The molecular formula is C23H25Cl2NO5. The van der Waals surface area contributed by atoms with Crippen molar-refractivity contribution in [2.75, 3.05) is 13.7 Å². The van der Waals surface area contributed by atoms with Crippen LogP contribution in [0.3, 0.4) is 0 Å². The number of carbonyl (C=O) groups is 2. The van der Waals surface area contributed by atoms with Gasteiger partial charge in [-0.15, -0.1) is 0 Å². The summed E-state index contributed by atoms with van der Waals surface area (Å²) in [6.07, 6.45) is -1.36. The first-order valence-electron chi connectivity index (χ1n) is 10.1. The number of morpholine rings is 1. The van der Waals surface area contributed by atoms with E-state index in [0.717, 1.165) is 11.1 Å². The van der Waals surface area contributed by atoms with E-state index in [1.54, 1.807) is 35.2 Å². The Hall–Kier alpha value is -2.12. The van der Waals surface area contributed by atoms with Crippen molar-refractivity contribution in [2.45, 2.75) is 44.1 Å². The van der Waals surface area contributed by atoms with Crippen LogP contribution >= 0.6 is 23.2 Å². The van der Waals surface area contributed by atoms with Crippen molar-refractivity contribution in [3.05, 3.63) is 69.7 Å². The lowest BCUT2D eigenvalue weighted by Gasteiger charge is -2.47. The van der Waals surface area contributed by atoms with E-state index in [1.807, 2.05) is 25.1 Å². The van der Waals surface area contributed by atoms with Gasteiger partial charge in [0, 0.05) is 10.0 Å². The number of amides is 1. The van der Waals surface area contributed by atoms with Crippen molar-refractivity contribution in [3.63, 3.8) is 0 Å². The van der Waals surface area contributed by atoms with Gasteiger partial charge in [-0.25, -0.2) is 0 Å². The summed E-state index contributed by atoms with van der Waals surface area (Å²) in [6.45, 7) is 1.67. The quantitative estimate of drug-likeness (QED) is 0.615. The zero-order chi connectivity index (χ0) is 22.5. The first-order valence-corrected chi connectivity index (χ1v) is 10.8. The Balaban J connectivity index is 2.15. The molecular weight excluding hydrogens is 441 g/mol. The third-order valence-corrected chi connectivity index (χ3v) is 5.96. The average molecular weight is 466 g/mol. The van der Waals surface area contributed by atoms with Crippen molar-refractivity contribution < 1.29 is 24.2 Å². The Morgan fingerprint density at radius 2 is 1.87 bits per heavy atom. The van der Waals surface area contributed by atoms with Crippen molar-refractivity contribution >= 4 is 35.1 Å². The summed E-state index contributed by atoms with van der Waals surface area (Å²) in [6, 6.07) is 13.3. The summed E-state index contributed by atoms with van der Waals surface area (Å²) in [5.41, 5.74) is 1.55. The molecule has 0 saturated carbocycles. The Labute approximate surface area is 191 Å². The van der Waals surface area contributed by atoms with Crippen LogP contribution < -0.4 is 0 Å². The summed E-state index contributed by atoms with van der Waals surface area (Å²) < 4.78 is 11.0. The minimum Gasteiger partial charge on any atom is -0.469 e. The molecule has 3 rings (SSSR count). The second kappa shape index (κ2) is 10.5. The molecule has 1 fully saturated rings. The van der Waals surface area contributed by atoms with Crippen LogP contribution in [-0.2, 0) is 19.1 Å². The van der Waals surface area contributed by atoms with Gasteiger partial charge < -0.3 is 19.5 Å². The topological polar surface area (TPSA) is 76.1 Å². The van der Waals surface area contributed by atoms with Crippen LogP contribution in [0.1, 0.15) is 43.0 Å². The van der Waals surface area contributed by atoms with Gasteiger partial charge in [0.15, 0.2) is 0 Å². The maximum absolute atomic E-state index is 13.5. The molecule has 166 valence electrons. The van der Waals surface area contributed by atoms with Crippen LogP contribution in [0.4, 0.5) is 0 Å². The highest BCUT2D eigenvalue weighted by atomic mass is 35.5. The average Bonchev–Trinajstić information content (AvgIpc) is 2.77. The summed E-state index contributed by atoms with van der Waals surface area (Å²) in [4.78, 5) is 27.1. The smallest absolute Gasteiger partial charge is 0.308 e. The summed E-state index contributed by atoms with van der Waals surface area (Å²) >= 11 is 12.3. The fourth-order valence-corrected chi connectivity index (χ4v) is 4.21. The van der Waals surface area contributed by atoms with Crippen LogP contribution in [0.2, 0.25) is 10.0 Å². The molecule has 6 nitrogen and oxygen atoms in total. The molecule has 0 spiro atoms. The third-order valence-electron chi connectivity index (χ3n) is 5.47. The van der Waals surface area contributed by atoms with Crippen molar-refractivity contribution in [1.29, 1.82) is 0 Å². The zero-order valence-corrected chi connectivity index (χ0v) is 18.8. The molecule has 1 aliphatic rings. The molecule has 4 atom stereocenters. The molecule has 31 heavy (non-hydrogen) atoms. The predicted molar refractivity (Wildman–Crippen MR) is 118 cm³/mol. The number of carbonyl (C=O) groups excluding carboxylic acids is 2. The fourth-order valence-electron chi connectivity index (χ4n) is 3.89. The molecule has 1 amide bonds. The van der Waals surface area contributed by atoms with Crippen molar-refractivity contribution in [3.8, 4) is 0 Å². The number of nitrogens with zero attached hydrogens (tertiary/aromatic N) is 1. The Bertz CT molecular complexity index is 916. The van der Waals surface area contributed by atoms with Gasteiger partial charge in [-0.1, -0.05) is 54.4 Å². The molecule has 2 aromatic carbocycles. The minimum absolute atomic E-state index is 0.223. The van der Waals surface area contributed by atoms with E-state index >= 15 is 0 Å². The number of ether oxygens (including phenoxy) is 2. The van der Waals surface area contributed by atoms with Crippen LogP contribution in [0.15, 0.2) is 48.5 Å². The van der Waals surface area contributed by atoms with E-state index in [1.165, 1.54) is 7.11 Å². The Morgan fingerprint density at radius 3 is 2.45 bits per heavy atom. The van der Waals surface area contributed by atoms with Crippen LogP contribution in [-0.4, -0.2) is 47.7 Å². The summed E-state index contributed by atoms with van der Waals surface area (Å²) in [5, 5.41) is 11.1. The highest BCUT2D eigenvalue weighted by Crippen LogP contribution is 2.44. The first-order chi connectivity index (χ1) is 14.9. The van der Waals surface area contributed by atoms with E-state index in [-0.39, 0.29) is 18.9 Å². The molecule has 0 radical (unpaired) electrons. The molecule has 1 saturated heterocycles. The van der Waals surface area contributed by atoms with Crippen LogP contribution in [0.25, 0.3) is 0 Å². The molecule has 1 heterocycles. The fraction of sp³-hybridized carbons (Fsp3) is 0.391. The molecule has 1 N–H and O–H groups in total. The highest BCUT2D eigenvalue weighted by Gasteiger charge is 2.47. The molecule has 0 aliphatic carbocycles. The molecule has 0 aromatic heterocycles. The molecule has 8 heteroatoms. The minimum atomic E-state index is -1.04.